The van der Waals surface area contributed by atoms with Crippen molar-refractivity contribution in [2.45, 2.75) is 18.9 Å². The van der Waals surface area contributed by atoms with Crippen LogP contribution in [0.5, 0.6) is 0 Å². The number of halogens is 1. The van der Waals surface area contributed by atoms with Gasteiger partial charge in [0, 0.05) is 19.1 Å². The molecule has 4 rings (SSSR count). The molecule has 0 aliphatic carbocycles. The minimum atomic E-state index is -0.185. The van der Waals surface area contributed by atoms with Gasteiger partial charge in [0.05, 0.1) is 0 Å². The highest BCUT2D eigenvalue weighted by atomic mass is 19.1. The van der Waals surface area contributed by atoms with Gasteiger partial charge in [-0.15, -0.1) is 0 Å². The van der Waals surface area contributed by atoms with Crippen LogP contribution in [0.3, 0.4) is 0 Å². The Bertz CT molecular complexity index is 973. The van der Waals surface area contributed by atoms with Crippen molar-refractivity contribution in [1.82, 2.24) is 4.90 Å². The molecular formula is C27H26FN. The topological polar surface area (TPSA) is 3.24 Å². The van der Waals surface area contributed by atoms with Crippen LogP contribution in [0.25, 0.3) is 6.08 Å². The zero-order valence-corrected chi connectivity index (χ0v) is 16.5. The zero-order chi connectivity index (χ0) is 19.9. The molecule has 1 atom stereocenters. The Morgan fingerprint density at radius 3 is 2.52 bits per heavy atom. The number of benzene rings is 3. The second-order valence-electron chi connectivity index (χ2n) is 7.54. The molecule has 0 fully saturated rings. The van der Waals surface area contributed by atoms with E-state index in [1.807, 2.05) is 18.2 Å². The number of hydrogen-bond acceptors (Lipinski definition) is 1. The van der Waals surface area contributed by atoms with E-state index in [0.29, 0.717) is 6.04 Å². The summed E-state index contributed by atoms with van der Waals surface area (Å²) in [5.41, 5.74) is 4.98. The van der Waals surface area contributed by atoms with Gasteiger partial charge in [-0.25, -0.2) is 4.39 Å². The Morgan fingerprint density at radius 1 is 0.862 bits per heavy atom. The van der Waals surface area contributed by atoms with Crippen molar-refractivity contribution in [3.05, 3.63) is 125 Å². The molecule has 0 radical (unpaired) electrons. The summed E-state index contributed by atoms with van der Waals surface area (Å²) < 4.78 is 13.2. The average Bonchev–Trinajstić information content (AvgIpc) is 2.77. The van der Waals surface area contributed by atoms with E-state index in [4.69, 9.17) is 0 Å². The zero-order valence-electron chi connectivity index (χ0n) is 16.5. The molecule has 1 heterocycles. The van der Waals surface area contributed by atoms with E-state index in [9.17, 15) is 4.39 Å². The molecule has 3 aromatic carbocycles. The van der Waals surface area contributed by atoms with Gasteiger partial charge in [0.2, 0.25) is 0 Å². The maximum Gasteiger partial charge on any atom is 0.123 e. The van der Waals surface area contributed by atoms with Gasteiger partial charge in [-0.3, -0.25) is 4.90 Å². The third kappa shape index (κ3) is 5.30. The van der Waals surface area contributed by atoms with Gasteiger partial charge < -0.3 is 0 Å². The highest BCUT2D eigenvalue weighted by Gasteiger charge is 2.20. The lowest BCUT2D eigenvalue weighted by atomic mass is 9.95. The van der Waals surface area contributed by atoms with Crippen LogP contribution < -0.4 is 0 Å². The summed E-state index contributed by atoms with van der Waals surface area (Å²) in [6.07, 6.45) is 10.8. The predicted molar refractivity (Wildman–Crippen MR) is 119 cm³/mol. The smallest absolute Gasteiger partial charge is 0.123 e. The van der Waals surface area contributed by atoms with E-state index in [-0.39, 0.29) is 5.82 Å². The molecule has 0 aromatic heterocycles. The normalized spacial score (nSPS) is 17.1. The summed E-state index contributed by atoms with van der Waals surface area (Å²) >= 11 is 0. The Hall–Kier alpha value is -2.97. The summed E-state index contributed by atoms with van der Waals surface area (Å²) in [4.78, 5) is 2.51. The summed E-state index contributed by atoms with van der Waals surface area (Å²) in [7, 11) is 0. The Morgan fingerprint density at radius 2 is 1.69 bits per heavy atom. The Balaban J connectivity index is 1.47. The molecule has 0 amide bonds. The van der Waals surface area contributed by atoms with E-state index < -0.39 is 0 Å². The fourth-order valence-corrected chi connectivity index (χ4v) is 3.90. The summed E-state index contributed by atoms with van der Waals surface area (Å²) in [6, 6.07) is 26.5. The molecule has 0 spiro atoms. The van der Waals surface area contributed by atoms with Crippen LogP contribution in [0.4, 0.5) is 4.39 Å². The van der Waals surface area contributed by atoms with E-state index in [2.05, 4.69) is 77.7 Å². The lowest BCUT2D eigenvalue weighted by molar-refractivity contribution is 0.234. The first-order valence-electron chi connectivity index (χ1n) is 10.2. The highest BCUT2D eigenvalue weighted by Crippen LogP contribution is 2.29. The van der Waals surface area contributed by atoms with Crippen LogP contribution in [-0.4, -0.2) is 18.0 Å². The van der Waals surface area contributed by atoms with Crippen molar-refractivity contribution in [2.24, 2.45) is 0 Å². The summed E-state index contributed by atoms with van der Waals surface area (Å²) in [5.74, 6) is -0.185. The molecule has 1 unspecified atom stereocenters. The molecule has 0 bridgehead atoms. The van der Waals surface area contributed by atoms with Gasteiger partial charge in [0.25, 0.3) is 0 Å². The molecule has 1 nitrogen and oxygen atoms in total. The molecule has 3 aromatic rings. The molecule has 2 heteroatoms. The molecule has 0 saturated heterocycles. The maximum absolute atomic E-state index is 13.2. The van der Waals surface area contributed by atoms with Crippen molar-refractivity contribution in [2.75, 3.05) is 13.1 Å². The molecule has 29 heavy (non-hydrogen) atoms. The number of rotatable bonds is 6. The monoisotopic (exact) mass is 383 g/mol. The van der Waals surface area contributed by atoms with Crippen LogP contribution in [0.2, 0.25) is 0 Å². The lowest BCUT2D eigenvalue weighted by Gasteiger charge is -2.32. The quantitative estimate of drug-likeness (QED) is 0.443. The SMILES string of the molecule is Fc1ccc(Cc2cccc(C3CC=CCN3CC=Cc3ccccc3)c2)cc1. The first-order chi connectivity index (χ1) is 14.3. The molecule has 1 aliphatic rings. The van der Waals surface area contributed by atoms with Gasteiger partial charge in [-0.1, -0.05) is 91.0 Å². The van der Waals surface area contributed by atoms with E-state index in [1.165, 1.54) is 28.8 Å². The first kappa shape index (κ1) is 19.4. The second kappa shape index (κ2) is 9.49. The van der Waals surface area contributed by atoms with Gasteiger partial charge in [-0.05, 0) is 47.2 Å². The minimum Gasteiger partial charge on any atom is -0.289 e. The van der Waals surface area contributed by atoms with E-state index in [0.717, 1.165) is 31.5 Å². The third-order valence-corrected chi connectivity index (χ3v) is 5.41. The molecule has 0 N–H and O–H groups in total. The van der Waals surface area contributed by atoms with Crippen LogP contribution >= 0.6 is 0 Å². The summed E-state index contributed by atoms with van der Waals surface area (Å²) in [6.45, 7) is 1.89. The summed E-state index contributed by atoms with van der Waals surface area (Å²) in [5, 5.41) is 0. The average molecular weight is 384 g/mol. The van der Waals surface area contributed by atoms with Crippen molar-refractivity contribution < 1.29 is 4.39 Å². The van der Waals surface area contributed by atoms with Crippen LogP contribution in [0, 0.1) is 5.82 Å². The lowest BCUT2D eigenvalue weighted by Crippen LogP contribution is -2.31. The predicted octanol–water partition coefficient (Wildman–Crippen LogP) is 6.43. The first-order valence-corrected chi connectivity index (χ1v) is 10.2. The van der Waals surface area contributed by atoms with Gasteiger partial charge in [0.1, 0.15) is 5.82 Å². The fourth-order valence-electron chi connectivity index (χ4n) is 3.90. The Kier molecular flexibility index (Phi) is 6.33. The fraction of sp³-hybridized carbons (Fsp3) is 0.185. The van der Waals surface area contributed by atoms with Crippen LogP contribution in [0.1, 0.15) is 34.7 Å². The minimum absolute atomic E-state index is 0.185. The third-order valence-electron chi connectivity index (χ3n) is 5.41. The standard InChI is InChI=1S/C27H26FN/c28-26-16-14-23(15-17-26)20-24-10-6-12-25(21-24)27-13-4-5-18-29(27)19-7-11-22-8-2-1-3-9-22/h1-12,14-17,21,27H,13,18-20H2. The van der Waals surface area contributed by atoms with Crippen LogP contribution in [0.15, 0.2) is 97.1 Å². The number of hydrogen-bond donors (Lipinski definition) is 0. The van der Waals surface area contributed by atoms with Crippen LogP contribution in [-0.2, 0) is 6.42 Å². The van der Waals surface area contributed by atoms with Crippen molar-refractivity contribution in [3.63, 3.8) is 0 Å². The van der Waals surface area contributed by atoms with Gasteiger partial charge in [-0.2, -0.15) is 0 Å². The molecule has 146 valence electrons. The highest BCUT2D eigenvalue weighted by molar-refractivity contribution is 5.48. The maximum atomic E-state index is 13.2. The molecule has 1 aliphatic heterocycles. The van der Waals surface area contributed by atoms with Crippen molar-refractivity contribution in [3.8, 4) is 0 Å². The van der Waals surface area contributed by atoms with Gasteiger partial charge in [0.15, 0.2) is 0 Å². The van der Waals surface area contributed by atoms with Crippen molar-refractivity contribution in [1.29, 1.82) is 0 Å². The molecular weight excluding hydrogens is 357 g/mol. The van der Waals surface area contributed by atoms with E-state index >= 15 is 0 Å². The Labute approximate surface area is 172 Å². The molecule has 0 saturated carbocycles. The second-order valence-corrected chi connectivity index (χ2v) is 7.54. The van der Waals surface area contributed by atoms with Crippen molar-refractivity contribution >= 4 is 6.08 Å². The largest absolute Gasteiger partial charge is 0.289 e. The van der Waals surface area contributed by atoms with E-state index in [1.54, 1.807) is 0 Å². The van der Waals surface area contributed by atoms with Gasteiger partial charge >= 0.3 is 0 Å². The number of nitrogens with zero attached hydrogens (tertiary/aromatic N) is 1.